The Kier molecular flexibility index (Phi) is 3.48. The lowest BCUT2D eigenvalue weighted by molar-refractivity contribution is 0.309. The van der Waals surface area contributed by atoms with Crippen LogP contribution in [-0.2, 0) is 5.41 Å². The molecule has 0 radical (unpaired) electrons. The molecule has 0 saturated heterocycles. The molecule has 0 aliphatic heterocycles. The number of rotatable bonds is 3. The van der Waals surface area contributed by atoms with Crippen molar-refractivity contribution in [3.63, 3.8) is 0 Å². The number of hydrogen-bond donors (Lipinski definition) is 1. The van der Waals surface area contributed by atoms with Gasteiger partial charge in [0.15, 0.2) is 5.13 Å². The maximum absolute atomic E-state index is 5.87. The Balaban J connectivity index is 2.56. The van der Waals surface area contributed by atoms with E-state index in [1.54, 1.807) is 0 Å². The normalized spacial score (nSPS) is 12.0. The van der Waals surface area contributed by atoms with Gasteiger partial charge in [0.2, 0.25) is 0 Å². The predicted molar refractivity (Wildman–Crippen MR) is 78.5 cm³/mol. The van der Waals surface area contributed by atoms with E-state index in [2.05, 4.69) is 44.8 Å². The SMILES string of the molecule is CCCOc1cc2sc(N)nc2cc1C(C)(C)C. The Morgan fingerprint density at radius 1 is 1.33 bits per heavy atom. The highest BCUT2D eigenvalue weighted by Gasteiger charge is 2.21. The van der Waals surface area contributed by atoms with Crippen molar-refractivity contribution in [2.24, 2.45) is 0 Å². The van der Waals surface area contributed by atoms with Gasteiger partial charge in [-0.1, -0.05) is 39.0 Å². The quantitative estimate of drug-likeness (QED) is 0.912. The lowest BCUT2D eigenvalue weighted by atomic mass is 9.86. The van der Waals surface area contributed by atoms with Crippen LogP contribution < -0.4 is 10.5 Å². The van der Waals surface area contributed by atoms with Gasteiger partial charge in [-0.2, -0.15) is 0 Å². The Bertz CT molecular complexity index is 555. The number of nitrogen functional groups attached to an aromatic ring is 1. The molecule has 0 bridgehead atoms. The Hall–Kier alpha value is -1.29. The van der Waals surface area contributed by atoms with E-state index in [1.807, 2.05) is 0 Å². The highest BCUT2D eigenvalue weighted by Crippen LogP contribution is 2.37. The first-order valence-electron chi connectivity index (χ1n) is 6.25. The number of fused-ring (bicyclic) bond motifs is 1. The van der Waals surface area contributed by atoms with Gasteiger partial charge < -0.3 is 10.5 Å². The molecule has 2 aromatic rings. The molecule has 1 aromatic carbocycles. The minimum Gasteiger partial charge on any atom is -0.493 e. The molecular weight excluding hydrogens is 244 g/mol. The zero-order valence-electron chi connectivity index (χ0n) is 11.4. The van der Waals surface area contributed by atoms with E-state index in [-0.39, 0.29) is 5.41 Å². The standard InChI is InChI=1S/C14H20N2OS/c1-5-6-17-11-8-12-10(16-13(15)18-12)7-9(11)14(2,3)4/h7-8H,5-6H2,1-4H3,(H2,15,16). The zero-order chi connectivity index (χ0) is 13.3. The van der Waals surface area contributed by atoms with Crippen LogP contribution in [0.25, 0.3) is 10.2 Å². The summed E-state index contributed by atoms with van der Waals surface area (Å²) in [5.74, 6) is 0.959. The predicted octanol–water partition coefficient (Wildman–Crippen LogP) is 3.96. The number of anilines is 1. The molecule has 2 rings (SSSR count). The van der Waals surface area contributed by atoms with Gasteiger partial charge in [-0.15, -0.1) is 0 Å². The summed E-state index contributed by atoms with van der Waals surface area (Å²) in [4.78, 5) is 4.35. The van der Waals surface area contributed by atoms with Crippen molar-refractivity contribution in [3.05, 3.63) is 17.7 Å². The first kappa shape index (κ1) is 13.1. The Morgan fingerprint density at radius 3 is 2.67 bits per heavy atom. The summed E-state index contributed by atoms with van der Waals surface area (Å²) in [5, 5.41) is 0.609. The monoisotopic (exact) mass is 264 g/mol. The molecule has 0 amide bonds. The van der Waals surface area contributed by atoms with Gasteiger partial charge >= 0.3 is 0 Å². The zero-order valence-corrected chi connectivity index (χ0v) is 12.2. The fourth-order valence-electron chi connectivity index (χ4n) is 1.89. The first-order chi connectivity index (χ1) is 8.41. The molecule has 0 fully saturated rings. The fraction of sp³-hybridized carbons (Fsp3) is 0.500. The number of hydrogen-bond acceptors (Lipinski definition) is 4. The molecule has 3 nitrogen and oxygen atoms in total. The topological polar surface area (TPSA) is 48.1 Å². The number of benzene rings is 1. The van der Waals surface area contributed by atoms with Crippen molar-refractivity contribution in [2.75, 3.05) is 12.3 Å². The molecule has 18 heavy (non-hydrogen) atoms. The van der Waals surface area contributed by atoms with Crippen molar-refractivity contribution in [1.29, 1.82) is 0 Å². The summed E-state index contributed by atoms with van der Waals surface area (Å²) in [7, 11) is 0. The molecule has 0 unspecified atom stereocenters. The molecule has 0 aliphatic carbocycles. The number of nitrogens with two attached hydrogens (primary N) is 1. The van der Waals surface area contributed by atoms with Crippen LogP contribution in [0.15, 0.2) is 12.1 Å². The third kappa shape index (κ3) is 2.58. The van der Waals surface area contributed by atoms with E-state index >= 15 is 0 Å². The highest BCUT2D eigenvalue weighted by molar-refractivity contribution is 7.22. The maximum Gasteiger partial charge on any atom is 0.181 e. The molecule has 98 valence electrons. The van der Waals surface area contributed by atoms with E-state index < -0.39 is 0 Å². The van der Waals surface area contributed by atoms with Crippen molar-refractivity contribution >= 4 is 26.7 Å². The van der Waals surface area contributed by atoms with Crippen LogP contribution in [0.5, 0.6) is 5.75 Å². The van der Waals surface area contributed by atoms with E-state index in [0.717, 1.165) is 29.0 Å². The average molecular weight is 264 g/mol. The maximum atomic E-state index is 5.87. The summed E-state index contributed by atoms with van der Waals surface area (Å²) in [5.41, 5.74) is 7.96. The third-order valence-electron chi connectivity index (χ3n) is 2.78. The van der Waals surface area contributed by atoms with Gasteiger partial charge in [0.25, 0.3) is 0 Å². The lowest BCUT2D eigenvalue weighted by Crippen LogP contribution is -2.13. The van der Waals surface area contributed by atoms with Gasteiger partial charge in [0, 0.05) is 5.56 Å². The molecule has 1 aromatic heterocycles. The van der Waals surface area contributed by atoms with Crippen LogP contribution in [0.2, 0.25) is 0 Å². The van der Waals surface area contributed by atoms with Gasteiger partial charge in [-0.25, -0.2) is 4.98 Å². The van der Waals surface area contributed by atoms with Crippen LogP contribution in [-0.4, -0.2) is 11.6 Å². The lowest BCUT2D eigenvalue weighted by Gasteiger charge is -2.22. The van der Waals surface area contributed by atoms with E-state index in [4.69, 9.17) is 10.5 Å². The molecule has 0 aliphatic rings. The number of aromatic nitrogens is 1. The van der Waals surface area contributed by atoms with Gasteiger partial charge in [-0.3, -0.25) is 0 Å². The summed E-state index contributed by atoms with van der Waals surface area (Å²) in [6.07, 6.45) is 1.01. The van der Waals surface area contributed by atoms with Crippen LogP contribution in [0.4, 0.5) is 5.13 Å². The molecule has 0 atom stereocenters. The van der Waals surface area contributed by atoms with Gasteiger partial charge in [0.05, 0.1) is 16.8 Å². The Morgan fingerprint density at radius 2 is 2.06 bits per heavy atom. The molecule has 0 spiro atoms. The Labute approximate surface area is 112 Å². The van der Waals surface area contributed by atoms with Gasteiger partial charge in [-0.05, 0) is 24.0 Å². The number of ether oxygens (including phenoxy) is 1. The number of thiazole rings is 1. The van der Waals surface area contributed by atoms with Crippen molar-refractivity contribution in [1.82, 2.24) is 4.98 Å². The third-order valence-corrected chi connectivity index (χ3v) is 3.62. The summed E-state index contributed by atoms with van der Waals surface area (Å²) in [6.45, 7) is 9.40. The summed E-state index contributed by atoms with van der Waals surface area (Å²) < 4.78 is 6.96. The minimum absolute atomic E-state index is 0.0373. The van der Waals surface area contributed by atoms with Crippen molar-refractivity contribution in [2.45, 2.75) is 39.5 Å². The van der Waals surface area contributed by atoms with E-state index in [9.17, 15) is 0 Å². The second kappa shape index (κ2) is 4.76. The van der Waals surface area contributed by atoms with Crippen molar-refractivity contribution in [3.8, 4) is 5.75 Å². The second-order valence-corrected chi connectivity index (χ2v) is 6.53. The molecule has 1 heterocycles. The van der Waals surface area contributed by atoms with E-state index in [0.29, 0.717) is 5.13 Å². The van der Waals surface area contributed by atoms with Crippen LogP contribution in [0.3, 0.4) is 0 Å². The smallest absolute Gasteiger partial charge is 0.181 e. The summed E-state index contributed by atoms with van der Waals surface area (Å²) >= 11 is 1.51. The minimum atomic E-state index is 0.0373. The number of nitrogens with zero attached hydrogens (tertiary/aromatic N) is 1. The molecule has 4 heteroatoms. The van der Waals surface area contributed by atoms with Crippen LogP contribution >= 0.6 is 11.3 Å². The second-order valence-electron chi connectivity index (χ2n) is 5.47. The van der Waals surface area contributed by atoms with Crippen molar-refractivity contribution < 1.29 is 4.74 Å². The first-order valence-corrected chi connectivity index (χ1v) is 7.07. The van der Waals surface area contributed by atoms with Crippen LogP contribution in [0, 0.1) is 0 Å². The average Bonchev–Trinajstić information content (AvgIpc) is 2.62. The van der Waals surface area contributed by atoms with E-state index in [1.165, 1.54) is 16.9 Å². The summed E-state index contributed by atoms with van der Waals surface area (Å²) in [6, 6.07) is 4.17. The largest absolute Gasteiger partial charge is 0.493 e. The molecular formula is C14H20N2OS. The molecule has 2 N–H and O–H groups in total. The molecule has 0 saturated carbocycles. The van der Waals surface area contributed by atoms with Gasteiger partial charge in [0.1, 0.15) is 5.75 Å². The highest BCUT2D eigenvalue weighted by atomic mass is 32.1. The fourth-order valence-corrected chi connectivity index (χ4v) is 2.64. The van der Waals surface area contributed by atoms with Crippen LogP contribution in [0.1, 0.15) is 39.7 Å².